The van der Waals surface area contributed by atoms with E-state index in [1.807, 2.05) is 49.6 Å². The molecule has 0 bridgehead atoms. The van der Waals surface area contributed by atoms with Crippen molar-refractivity contribution in [3.05, 3.63) is 47.4 Å². The van der Waals surface area contributed by atoms with E-state index in [2.05, 4.69) is 10.3 Å². The van der Waals surface area contributed by atoms with Gasteiger partial charge in [-0.3, -0.25) is 4.79 Å². The fraction of sp³-hybridized carbons (Fsp3) is 0.412. The molecule has 118 valence electrons. The van der Waals surface area contributed by atoms with Crippen molar-refractivity contribution in [2.24, 2.45) is 0 Å². The van der Waals surface area contributed by atoms with E-state index in [1.54, 1.807) is 6.20 Å². The topological polar surface area (TPSA) is 67.2 Å². The summed E-state index contributed by atoms with van der Waals surface area (Å²) in [7, 11) is 0. The number of amides is 1. The van der Waals surface area contributed by atoms with Crippen molar-refractivity contribution in [3.8, 4) is 5.82 Å². The van der Waals surface area contributed by atoms with E-state index in [0.29, 0.717) is 12.0 Å². The van der Waals surface area contributed by atoms with Crippen LogP contribution in [0.2, 0.25) is 0 Å². The number of carbonyl (C=O) groups excluding carboxylic acids is 1. The second kappa shape index (κ2) is 7.22. The fourth-order valence-electron chi connectivity index (χ4n) is 2.57. The number of carbonyl (C=O) groups is 1. The van der Waals surface area contributed by atoms with Gasteiger partial charge in [-0.1, -0.05) is 19.4 Å². The van der Waals surface area contributed by atoms with Crippen molar-refractivity contribution < 1.29 is 9.90 Å². The minimum Gasteiger partial charge on any atom is -0.391 e. The van der Waals surface area contributed by atoms with Gasteiger partial charge in [-0.05, 0) is 38.5 Å². The van der Waals surface area contributed by atoms with E-state index >= 15 is 0 Å². The van der Waals surface area contributed by atoms with Gasteiger partial charge in [0.2, 0.25) is 0 Å². The van der Waals surface area contributed by atoms with Crippen LogP contribution in [0.3, 0.4) is 0 Å². The maximum Gasteiger partial charge on any atom is 0.253 e. The molecule has 0 aliphatic carbocycles. The van der Waals surface area contributed by atoms with E-state index in [9.17, 15) is 9.90 Å². The maximum absolute atomic E-state index is 12.3. The van der Waals surface area contributed by atoms with Crippen LogP contribution in [0.4, 0.5) is 0 Å². The molecule has 2 N–H and O–H groups in total. The Morgan fingerprint density at radius 2 is 2.18 bits per heavy atom. The number of aliphatic hydroxyl groups excluding tert-OH is 1. The number of pyridine rings is 1. The lowest BCUT2D eigenvalue weighted by molar-refractivity contribution is 0.0909. The molecule has 22 heavy (non-hydrogen) atoms. The van der Waals surface area contributed by atoms with Crippen LogP contribution in [0, 0.1) is 13.8 Å². The highest BCUT2D eigenvalue weighted by atomic mass is 16.3. The predicted molar refractivity (Wildman–Crippen MR) is 86.3 cm³/mol. The summed E-state index contributed by atoms with van der Waals surface area (Å²) in [5, 5.41) is 12.5. The van der Waals surface area contributed by atoms with Crippen molar-refractivity contribution in [2.45, 2.75) is 39.7 Å². The Balaban J connectivity index is 2.18. The van der Waals surface area contributed by atoms with Crippen LogP contribution in [-0.4, -0.2) is 33.2 Å². The van der Waals surface area contributed by atoms with E-state index in [0.717, 1.165) is 23.6 Å². The lowest BCUT2D eigenvalue weighted by Gasteiger charge is -2.11. The average molecular weight is 301 g/mol. The van der Waals surface area contributed by atoms with Crippen LogP contribution < -0.4 is 5.32 Å². The molecule has 2 heterocycles. The standard InChI is InChI=1S/C17H23N3O2/c1-4-7-14(21)11-19-17(22)15-10-12(2)20(13(15)3)16-8-5-6-9-18-16/h5-6,8-10,14,21H,4,7,11H2,1-3H3,(H,19,22). The first-order valence-electron chi connectivity index (χ1n) is 7.61. The molecule has 2 aromatic heterocycles. The van der Waals surface area contributed by atoms with Crippen LogP contribution in [0.1, 0.15) is 41.5 Å². The maximum atomic E-state index is 12.3. The summed E-state index contributed by atoms with van der Waals surface area (Å²) >= 11 is 0. The molecule has 0 radical (unpaired) electrons. The molecular formula is C17H23N3O2. The summed E-state index contributed by atoms with van der Waals surface area (Å²) in [6, 6.07) is 7.54. The van der Waals surface area contributed by atoms with Gasteiger partial charge in [-0.2, -0.15) is 0 Å². The van der Waals surface area contributed by atoms with Crippen molar-refractivity contribution in [3.63, 3.8) is 0 Å². The Labute approximate surface area is 131 Å². The normalized spacial score (nSPS) is 12.2. The van der Waals surface area contributed by atoms with Crippen molar-refractivity contribution in [1.29, 1.82) is 0 Å². The first-order valence-corrected chi connectivity index (χ1v) is 7.61. The number of rotatable bonds is 6. The van der Waals surface area contributed by atoms with Gasteiger partial charge in [-0.25, -0.2) is 4.98 Å². The number of nitrogens with one attached hydrogen (secondary N) is 1. The van der Waals surface area contributed by atoms with Crippen LogP contribution in [-0.2, 0) is 0 Å². The molecular weight excluding hydrogens is 278 g/mol. The summed E-state index contributed by atoms with van der Waals surface area (Å²) < 4.78 is 1.96. The Bertz CT molecular complexity index is 635. The molecule has 5 nitrogen and oxygen atoms in total. The molecule has 0 spiro atoms. The molecule has 1 atom stereocenters. The smallest absolute Gasteiger partial charge is 0.253 e. The molecule has 2 rings (SSSR count). The molecule has 0 saturated carbocycles. The van der Waals surface area contributed by atoms with Gasteiger partial charge < -0.3 is 15.0 Å². The summed E-state index contributed by atoms with van der Waals surface area (Å²) in [5.74, 6) is 0.632. The zero-order valence-corrected chi connectivity index (χ0v) is 13.3. The van der Waals surface area contributed by atoms with Crippen LogP contribution >= 0.6 is 0 Å². The predicted octanol–water partition coefficient (Wildman–Crippen LogP) is 2.38. The van der Waals surface area contributed by atoms with Gasteiger partial charge in [0.1, 0.15) is 5.82 Å². The molecule has 1 unspecified atom stereocenters. The second-order valence-corrected chi connectivity index (χ2v) is 5.46. The van der Waals surface area contributed by atoms with Gasteiger partial charge in [0.25, 0.3) is 5.91 Å². The third-order valence-electron chi connectivity index (χ3n) is 3.67. The minimum atomic E-state index is -0.492. The van der Waals surface area contributed by atoms with Crippen LogP contribution in [0.5, 0.6) is 0 Å². The highest BCUT2D eigenvalue weighted by Gasteiger charge is 2.17. The first kappa shape index (κ1) is 16.2. The van der Waals surface area contributed by atoms with Gasteiger partial charge in [0, 0.05) is 24.1 Å². The van der Waals surface area contributed by atoms with Gasteiger partial charge in [0.05, 0.1) is 11.7 Å². The average Bonchev–Trinajstić information content (AvgIpc) is 2.81. The number of aromatic nitrogens is 2. The molecule has 0 fully saturated rings. The quantitative estimate of drug-likeness (QED) is 0.861. The fourth-order valence-corrected chi connectivity index (χ4v) is 2.57. The van der Waals surface area contributed by atoms with E-state index in [1.165, 1.54) is 0 Å². The third kappa shape index (κ3) is 3.54. The second-order valence-electron chi connectivity index (χ2n) is 5.46. The Hall–Kier alpha value is -2.14. The lowest BCUT2D eigenvalue weighted by atomic mass is 10.2. The zero-order chi connectivity index (χ0) is 16.1. The van der Waals surface area contributed by atoms with Crippen LogP contribution in [0.25, 0.3) is 5.82 Å². The Morgan fingerprint density at radius 1 is 1.41 bits per heavy atom. The Morgan fingerprint density at radius 3 is 2.82 bits per heavy atom. The molecule has 1 amide bonds. The third-order valence-corrected chi connectivity index (χ3v) is 3.67. The van der Waals surface area contributed by atoms with E-state index in [-0.39, 0.29) is 12.5 Å². The number of nitrogens with zero attached hydrogens (tertiary/aromatic N) is 2. The minimum absolute atomic E-state index is 0.162. The largest absolute Gasteiger partial charge is 0.391 e. The molecule has 5 heteroatoms. The van der Waals surface area contributed by atoms with E-state index in [4.69, 9.17) is 0 Å². The monoisotopic (exact) mass is 301 g/mol. The van der Waals surface area contributed by atoms with Crippen molar-refractivity contribution in [1.82, 2.24) is 14.9 Å². The molecule has 0 aliphatic heterocycles. The lowest BCUT2D eigenvalue weighted by Crippen LogP contribution is -2.32. The highest BCUT2D eigenvalue weighted by molar-refractivity contribution is 5.95. The number of hydrogen-bond acceptors (Lipinski definition) is 3. The molecule has 0 aliphatic rings. The summed E-state index contributed by atoms with van der Waals surface area (Å²) in [6.07, 6.45) is 2.82. The SMILES string of the molecule is CCCC(O)CNC(=O)c1cc(C)n(-c2ccccn2)c1C. The number of aliphatic hydroxyl groups is 1. The summed E-state index contributed by atoms with van der Waals surface area (Å²) in [5.41, 5.74) is 2.42. The van der Waals surface area contributed by atoms with Crippen molar-refractivity contribution in [2.75, 3.05) is 6.54 Å². The summed E-state index contributed by atoms with van der Waals surface area (Å²) in [6.45, 7) is 6.13. The zero-order valence-electron chi connectivity index (χ0n) is 13.3. The number of aryl methyl sites for hydroxylation is 1. The number of hydrogen-bond donors (Lipinski definition) is 2. The van der Waals surface area contributed by atoms with E-state index < -0.39 is 6.10 Å². The molecule has 2 aromatic rings. The first-order chi connectivity index (χ1) is 10.5. The van der Waals surface area contributed by atoms with Crippen LogP contribution in [0.15, 0.2) is 30.5 Å². The molecule has 0 saturated heterocycles. The summed E-state index contributed by atoms with van der Waals surface area (Å²) in [4.78, 5) is 16.6. The van der Waals surface area contributed by atoms with Gasteiger partial charge in [0.15, 0.2) is 0 Å². The van der Waals surface area contributed by atoms with Gasteiger partial charge >= 0.3 is 0 Å². The Kier molecular flexibility index (Phi) is 5.33. The van der Waals surface area contributed by atoms with Gasteiger partial charge in [-0.15, -0.1) is 0 Å². The highest BCUT2D eigenvalue weighted by Crippen LogP contribution is 2.19. The van der Waals surface area contributed by atoms with Crippen molar-refractivity contribution >= 4 is 5.91 Å². The molecule has 0 aromatic carbocycles.